The van der Waals surface area contributed by atoms with Crippen LogP contribution in [0.5, 0.6) is 0 Å². The van der Waals surface area contributed by atoms with Crippen LogP contribution in [-0.2, 0) is 15.9 Å². The van der Waals surface area contributed by atoms with Gasteiger partial charge in [0.15, 0.2) is 0 Å². The number of hydrogen-bond donors (Lipinski definition) is 0. The lowest BCUT2D eigenvalue weighted by atomic mass is 10.1. The first-order chi connectivity index (χ1) is 8.81. The maximum absolute atomic E-state index is 12.5. The maximum Gasteiger partial charge on any atom is 0.238 e. The second-order valence-electron chi connectivity index (χ2n) is 4.35. The largest absolute Gasteiger partial charge is 0.238 e. The van der Waals surface area contributed by atoms with Crippen LogP contribution in [0.4, 0.5) is 0 Å². The molecule has 0 spiro atoms. The van der Waals surface area contributed by atoms with Crippen molar-refractivity contribution in [3.05, 3.63) is 28.8 Å². The first kappa shape index (κ1) is 14.0. The molecular weight excluding hydrogens is 284 g/mol. The van der Waals surface area contributed by atoms with Crippen molar-refractivity contribution in [2.75, 3.05) is 0 Å². The zero-order valence-electron chi connectivity index (χ0n) is 11.1. The molecule has 1 heterocycles. The number of nitrogens with zero attached hydrogens (tertiary/aromatic N) is 4. The van der Waals surface area contributed by atoms with Crippen LogP contribution in [0.25, 0.3) is 0 Å². The van der Waals surface area contributed by atoms with Crippen LogP contribution in [0, 0.1) is 20.8 Å². The highest BCUT2D eigenvalue weighted by Crippen LogP contribution is 2.33. The number of benzene rings is 1. The molecule has 2 aromatic rings. The summed E-state index contributed by atoms with van der Waals surface area (Å²) in [7, 11) is -1.26. The van der Waals surface area contributed by atoms with E-state index < -0.39 is 8.87 Å². The van der Waals surface area contributed by atoms with E-state index in [1.807, 2.05) is 19.1 Å². The van der Waals surface area contributed by atoms with Crippen LogP contribution in [0.15, 0.2) is 22.2 Å². The van der Waals surface area contributed by atoms with E-state index in [-0.39, 0.29) is 5.16 Å². The minimum atomic E-state index is -3.53. The molecule has 0 saturated heterocycles. The minimum absolute atomic E-state index is 0.249. The SMILES string of the molecule is Cc1cc(C)c(S(=O)(=O)Sc2nnnn2C)c(C)c1. The van der Waals surface area contributed by atoms with Gasteiger partial charge in [-0.15, -0.1) is 5.10 Å². The fraction of sp³-hybridized carbons (Fsp3) is 0.364. The third kappa shape index (κ3) is 2.79. The fourth-order valence-corrected chi connectivity index (χ4v) is 5.44. The zero-order valence-corrected chi connectivity index (χ0v) is 12.7. The number of aryl methyl sites for hydroxylation is 4. The molecule has 2 rings (SSSR count). The van der Waals surface area contributed by atoms with Gasteiger partial charge in [0.25, 0.3) is 0 Å². The summed E-state index contributed by atoms with van der Waals surface area (Å²) >= 11 is 0. The molecular formula is C11H14N4O2S2. The molecule has 0 N–H and O–H groups in total. The Bertz CT molecular complexity index is 699. The molecule has 102 valence electrons. The van der Waals surface area contributed by atoms with Crippen LogP contribution < -0.4 is 0 Å². The average Bonchev–Trinajstić information content (AvgIpc) is 2.61. The second-order valence-corrected chi connectivity index (χ2v) is 8.02. The van der Waals surface area contributed by atoms with E-state index in [0.29, 0.717) is 15.7 Å². The van der Waals surface area contributed by atoms with Crippen molar-refractivity contribution in [3.63, 3.8) is 0 Å². The summed E-state index contributed by atoms with van der Waals surface area (Å²) in [5.41, 5.74) is 2.51. The summed E-state index contributed by atoms with van der Waals surface area (Å²) in [5, 5.41) is 11.0. The van der Waals surface area contributed by atoms with E-state index in [0.717, 1.165) is 16.7 Å². The van der Waals surface area contributed by atoms with Gasteiger partial charge in [0.1, 0.15) is 0 Å². The van der Waals surface area contributed by atoms with E-state index in [2.05, 4.69) is 15.5 Å². The third-order valence-corrected chi connectivity index (χ3v) is 6.08. The molecule has 19 heavy (non-hydrogen) atoms. The average molecular weight is 298 g/mol. The Morgan fingerprint density at radius 2 is 1.74 bits per heavy atom. The Labute approximate surface area is 115 Å². The molecule has 0 radical (unpaired) electrons. The van der Waals surface area contributed by atoms with Crippen LogP contribution in [-0.4, -0.2) is 28.6 Å². The van der Waals surface area contributed by atoms with Gasteiger partial charge in [-0.1, -0.05) is 17.7 Å². The predicted molar refractivity (Wildman–Crippen MR) is 72.5 cm³/mol. The lowest BCUT2D eigenvalue weighted by Crippen LogP contribution is -2.04. The highest BCUT2D eigenvalue weighted by Gasteiger charge is 2.24. The first-order valence-electron chi connectivity index (χ1n) is 5.56. The number of rotatable bonds is 3. The van der Waals surface area contributed by atoms with E-state index in [1.54, 1.807) is 20.9 Å². The molecule has 0 saturated carbocycles. The minimum Gasteiger partial charge on any atom is -0.223 e. The number of aromatic nitrogens is 4. The van der Waals surface area contributed by atoms with Crippen LogP contribution >= 0.6 is 10.8 Å². The highest BCUT2D eigenvalue weighted by atomic mass is 33.1. The summed E-state index contributed by atoms with van der Waals surface area (Å²) in [4.78, 5) is 0.339. The molecule has 0 bridgehead atoms. The molecule has 0 aliphatic carbocycles. The molecule has 8 heteroatoms. The van der Waals surface area contributed by atoms with Crippen LogP contribution in [0.3, 0.4) is 0 Å². The molecule has 6 nitrogen and oxygen atoms in total. The van der Waals surface area contributed by atoms with E-state index in [1.165, 1.54) is 4.68 Å². The molecule has 1 aromatic carbocycles. The Kier molecular flexibility index (Phi) is 3.64. The maximum atomic E-state index is 12.5. The van der Waals surface area contributed by atoms with Gasteiger partial charge in [0.2, 0.25) is 14.0 Å². The molecule has 0 fully saturated rings. The van der Waals surface area contributed by atoms with Crippen molar-refractivity contribution in [2.24, 2.45) is 7.05 Å². The van der Waals surface area contributed by atoms with Gasteiger partial charge in [-0.2, -0.15) is 0 Å². The van der Waals surface area contributed by atoms with Crippen molar-refractivity contribution in [2.45, 2.75) is 30.8 Å². The number of hydrogen-bond acceptors (Lipinski definition) is 6. The predicted octanol–water partition coefficient (Wildman–Crippen LogP) is 1.62. The van der Waals surface area contributed by atoms with E-state index >= 15 is 0 Å². The van der Waals surface area contributed by atoms with Crippen molar-refractivity contribution >= 4 is 19.7 Å². The monoisotopic (exact) mass is 298 g/mol. The molecule has 1 aromatic heterocycles. The molecule has 0 atom stereocenters. The van der Waals surface area contributed by atoms with Gasteiger partial charge < -0.3 is 0 Å². The lowest BCUT2D eigenvalue weighted by molar-refractivity contribution is 0.608. The molecule has 0 amide bonds. The lowest BCUT2D eigenvalue weighted by Gasteiger charge is -2.10. The van der Waals surface area contributed by atoms with Crippen molar-refractivity contribution in [1.29, 1.82) is 0 Å². The second kappa shape index (κ2) is 4.93. The Morgan fingerprint density at radius 3 is 2.21 bits per heavy atom. The fourth-order valence-electron chi connectivity index (χ4n) is 1.99. The van der Waals surface area contributed by atoms with Crippen molar-refractivity contribution in [3.8, 4) is 0 Å². The van der Waals surface area contributed by atoms with Crippen LogP contribution in [0.1, 0.15) is 16.7 Å². The Hall–Kier alpha value is -1.41. The number of tetrazole rings is 1. The van der Waals surface area contributed by atoms with E-state index in [9.17, 15) is 8.42 Å². The Morgan fingerprint density at radius 1 is 1.16 bits per heavy atom. The molecule has 0 aliphatic heterocycles. The molecule has 0 unspecified atom stereocenters. The summed E-state index contributed by atoms with van der Waals surface area (Å²) < 4.78 is 26.3. The Balaban J connectivity index is 2.49. The third-order valence-electron chi connectivity index (χ3n) is 2.62. The van der Waals surface area contributed by atoms with Crippen molar-refractivity contribution in [1.82, 2.24) is 20.2 Å². The topological polar surface area (TPSA) is 77.7 Å². The highest BCUT2D eigenvalue weighted by molar-refractivity contribution is 8.72. The molecule has 0 aliphatic rings. The smallest absolute Gasteiger partial charge is 0.223 e. The first-order valence-corrected chi connectivity index (χ1v) is 8.37. The van der Waals surface area contributed by atoms with Gasteiger partial charge in [0, 0.05) is 7.05 Å². The van der Waals surface area contributed by atoms with Gasteiger partial charge >= 0.3 is 0 Å². The summed E-state index contributed by atoms with van der Waals surface area (Å²) in [6, 6.07) is 3.71. The zero-order chi connectivity index (χ0) is 14.2. The quantitative estimate of drug-likeness (QED) is 0.801. The summed E-state index contributed by atoms with van der Waals surface area (Å²) in [6.07, 6.45) is 0. The summed E-state index contributed by atoms with van der Waals surface area (Å²) in [6.45, 7) is 5.53. The van der Waals surface area contributed by atoms with Crippen LogP contribution in [0.2, 0.25) is 0 Å². The van der Waals surface area contributed by atoms with E-state index in [4.69, 9.17) is 0 Å². The van der Waals surface area contributed by atoms with Gasteiger partial charge in [-0.05, 0) is 42.3 Å². The van der Waals surface area contributed by atoms with Gasteiger partial charge in [0.05, 0.1) is 15.7 Å². The van der Waals surface area contributed by atoms with Crippen molar-refractivity contribution < 1.29 is 8.42 Å². The van der Waals surface area contributed by atoms with Gasteiger partial charge in [-0.25, -0.2) is 13.1 Å². The van der Waals surface area contributed by atoms with Gasteiger partial charge in [-0.3, -0.25) is 0 Å². The normalized spacial score (nSPS) is 11.8. The standard InChI is InChI=1S/C11H14N4O2S2/c1-7-5-8(2)10(9(3)6-7)19(16,17)18-11-12-13-14-15(11)4/h5-6H,1-4H3. The summed E-state index contributed by atoms with van der Waals surface area (Å²) in [5.74, 6) is 0.